The van der Waals surface area contributed by atoms with Crippen LogP contribution in [0.25, 0.3) is 0 Å². The third kappa shape index (κ3) is 1.20. The summed E-state index contributed by atoms with van der Waals surface area (Å²) in [5.41, 5.74) is 3.05. The summed E-state index contributed by atoms with van der Waals surface area (Å²) in [5.74, 6) is 0. The third-order valence-corrected chi connectivity index (χ3v) is 1.69. The molecule has 0 spiro atoms. The van der Waals surface area contributed by atoms with E-state index in [2.05, 4.69) is 11.9 Å². The Morgan fingerprint density at radius 1 is 1.60 bits per heavy atom. The van der Waals surface area contributed by atoms with E-state index in [1.807, 2.05) is 13.0 Å². The van der Waals surface area contributed by atoms with Crippen LogP contribution in [0, 0.1) is 6.92 Å². The summed E-state index contributed by atoms with van der Waals surface area (Å²) < 4.78 is 0. The average molecular weight is 131 g/mol. The maximum absolute atomic E-state index is 5.66. The molecule has 2 heteroatoms. The van der Waals surface area contributed by atoms with E-state index in [9.17, 15) is 0 Å². The SMILES string of the molecule is [B]c1ccnc(CC)c1C. The van der Waals surface area contributed by atoms with Gasteiger partial charge >= 0.3 is 0 Å². The highest BCUT2D eigenvalue weighted by Gasteiger charge is 1.96. The molecule has 0 aromatic carbocycles. The molecular weight excluding hydrogens is 121 g/mol. The maximum atomic E-state index is 5.66. The third-order valence-electron chi connectivity index (χ3n) is 1.69. The van der Waals surface area contributed by atoms with Gasteiger partial charge in [0.2, 0.25) is 0 Å². The molecule has 2 radical (unpaired) electrons. The average Bonchev–Trinajstić information content (AvgIpc) is 1.95. The number of aromatic nitrogens is 1. The van der Waals surface area contributed by atoms with Gasteiger partial charge in [-0.2, -0.15) is 0 Å². The van der Waals surface area contributed by atoms with Crippen LogP contribution >= 0.6 is 0 Å². The van der Waals surface area contributed by atoms with Crippen LogP contribution in [-0.4, -0.2) is 12.8 Å². The Morgan fingerprint density at radius 3 is 2.80 bits per heavy atom. The zero-order chi connectivity index (χ0) is 7.56. The van der Waals surface area contributed by atoms with Gasteiger partial charge in [-0.1, -0.05) is 18.5 Å². The molecule has 1 aromatic heterocycles. The Balaban J connectivity index is 3.14. The summed E-state index contributed by atoms with van der Waals surface area (Å²) in [5, 5.41) is 0. The van der Waals surface area contributed by atoms with Crippen LogP contribution in [0.5, 0.6) is 0 Å². The maximum Gasteiger partial charge on any atom is 0.114 e. The first kappa shape index (κ1) is 7.32. The Labute approximate surface area is 62.9 Å². The Hall–Kier alpha value is -0.785. The molecule has 50 valence electrons. The quantitative estimate of drug-likeness (QED) is 0.512. The summed E-state index contributed by atoms with van der Waals surface area (Å²) in [6.07, 6.45) is 2.71. The Kier molecular flexibility index (Phi) is 2.10. The molecular formula is C8H10BN. The summed E-state index contributed by atoms with van der Waals surface area (Å²) >= 11 is 0. The fourth-order valence-corrected chi connectivity index (χ4v) is 0.952. The van der Waals surface area contributed by atoms with Crippen LogP contribution in [0.15, 0.2) is 12.3 Å². The van der Waals surface area contributed by atoms with Gasteiger partial charge in [0.15, 0.2) is 0 Å². The first-order valence-corrected chi connectivity index (χ1v) is 3.45. The molecule has 0 saturated heterocycles. The van der Waals surface area contributed by atoms with Gasteiger partial charge in [0.1, 0.15) is 7.85 Å². The summed E-state index contributed by atoms with van der Waals surface area (Å²) in [6.45, 7) is 4.08. The van der Waals surface area contributed by atoms with E-state index in [0.29, 0.717) is 0 Å². The van der Waals surface area contributed by atoms with Crippen molar-refractivity contribution in [3.8, 4) is 0 Å². The van der Waals surface area contributed by atoms with Gasteiger partial charge in [-0.3, -0.25) is 4.98 Å². The van der Waals surface area contributed by atoms with Crippen molar-refractivity contribution in [3.05, 3.63) is 23.5 Å². The second-order valence-electron chi connectivity index (χ2n) is 2.33. The number of nitrogens with zero attached hydrogens (tertiary/aromatic N) is 1. The smallest absolute Gasteiger partial charge is 0.114 e. The number of hydrogen-bond donors (Lipinski definition) is 0. The van der Waals surface area contributed by atoms with E-state index in [-0.39, 0.29) is 0 Å². The van der Waals surface area contributed by atoms with E-state index < -0.39 is 0 Å². The molecule has 1 heterocycles. The fourth-order valence-electron chi connectivity index (χ4n) is 0.952. The van der Waals surface area contributed by atoms with Gasteiger partial charge in [-0.05, 0) is 18.9 Å². The highest BCUT2D eigenvalue weighted by molar-refractivity contribution is 6.33. The monoisotopic (exact) mass is 131 g/mol. The summed E-state index contributed by atoms with van der Waals surface area (Å²) in [4.78, 5) is 4.18. The molecule has 0 unspecified atom stereocenters. The fraction of sp³-hybridized carbons (Fsp3) is 0.375. The molecule has 0 fully saturated rings. The second kappa shape index (κ2) is 2.87. The molecule has 0 aliphatic rings. The van der Waals surface area contributed by atoms with Crippen LogP contribution in [-0.2, 0) is 6.42 Å². The first-order valence-electron chi connectivity index (χ1n) is 3.45. The van der Waals surface area contributed by atoms with E-state index in [1.165, 1.54) is 0 Å². The van der Waals surface area contributed by atoms with Crippen molar-refractivity contribution in [3.63, 3.8) is 0 Å². The van der Waals surface area contributed by atoms with Crippen LogP contribution < -0.4 is 5.46 Å². The van der Waals surface area contributed by atoms with Crippen LogP contribution in [0.1, 0.15) is 18.2 Å². The lowest BCUT2D eigenvalue weighted by Crippen LogP contribution is -2.10. The predicted molar refractivity (Wildman–Crippen MR) is 43.7 cm³/mol. The molecule has 0 atom stereocenters. The van der Waals surface area contributed by atoms with Crippen molar-refractivity contribution in [2.24, 2.45) is 0 Å². The van der Waals surface area contributed by atoms with Gasteiger partial charge in [0.05, 0.1) is 0 Å². The zero-order valence-electron chi connectivity index (χ0n) is 6.39. The van der Waals surface area contributed by atoms with E-state index >= 15 is 0 Å². The van der Waals surface area contributed by atoms with Crippen molar-refractivity contribution < 1.29 is 0 Å². The van der Waals surface area contributed by atoms with Crippen molar-refractivity contribution in [1.82, 2.24) is 4.98 Å². The van der Waals surface area contributed by atoms with Crippen molar-refractivity contribution in [2.45, 2.75) is 20.3 Å². The van der Waals surface area contributed by atoms with Crippen LogP contribution in [0.2, 0.25) is 0 Å². The van der Waals surface area contributed by atoms with Gasteiger partial charge in [-0.25, -0.2) is 0 Å². The molecule has 0 bridgehead atoms. The number of rotatable bonds is 1. The lowest BCUT2D eigenvalue weighted by molar-refractivity contribution is 1.01. The van der Waals surface area contributed by atoms with Gasteiger partial charge in [-0.15, -0.1) is 0 Å². The number of aryl methyl sites for hydroxylation is 1. The predicted octanol–water partition coefficient (Wildman–Crippen LogP) is 0.746. The lowest BCUT2D eigenvalue weighted by Gasteiger charge is -2.03. The van der Waals surface area contributed by atoms with Gasteiger partial charge in [0, 0.05) is 11.9 Å². The second-order valence-corrected chi connectivity index (χ2v) is 2.33. The first-order chi connectivity index (χ1) is 4.75. The highest BCUT2D eigenvalue weighted by atomic mass is 14.7. The Bertz CT molecular complexity index is 233. The molecule has 1 rings (SSSR count). The minimum Gasteiger partial charge on any atom is -0.261 e. The molecule has 0 saturated carbocycles. The summed E-state index contributed by atoms with van der Waals surface area (Å²) in [6, 6.07) is 1.83. The van der Waals surface area contributed by atoms with Crippen molar-refractivity contribution in [2.75, 3.05) is 0 Å². The van der Waals surface area contributed by atoms with Crippen molar-refractivity contribution in [1.29, 1.82) is 0 Å². The zero-order valence-corrected chi connectivity index (χ0v) is 6.39. The topological polar surface area (TPSA) is 12.9 Å². The van der Waals surface area contributed by atoms with Crippen LogP contribution in [0.3, 0.4) is 0 Å². The number of hydrogen-bond acceptors (Lipinski definition) is 1. The van der Waals surface area contributed by atoms with E-state index in [1.54, 1.807) is 6.20 Å². The normalized spacial score (nSPS) is 9.80. The molecule has 0 aliphatic heterocycles. The minimum atomic E-state index is 0.840. The Morgan fingerprint density at radius 2 is 2.30 bits per heavy atom. The molecule has 1 nitrogen and oxygen atoms in total. The van der Waals surface area contributed by atoms with Gasteiger partial charge in [0.25, 0.3) is 0 Å². The standard InChI is InChI=1S/C8H10BN/c1-3-8-6(2)7(9)4-5-10-8/h4-5H,3H2,1-2H3. The van der Waals surface area contributed by atoms with E-state index in [4.69, 9.17) is 7.85 Å². The molecule has 0 N–H and O–H groups in total. The van der Waals surface area contributed by atoms with Crippen LogP contribution in [0.4, 0.5) is 0 Å². The molecule has 1 aromatic rings. The number of pyridine rings is 1. The molecule has 0 aliphatic carbocycles. The molecule has 0 amide bonds. The highest BCUT2D eigenvalue weighted by Crippen LogP contribution is 1.99. The lowest BCUT2D eigenvalue weighted by atomic mass is 9.91. The minimum absolute atomic E-state index is 0.840. The van der Waals surface area contributed by atoms with Crippen molar-refractivity contribution >= 4 is 13.3 Å². The van der Waals surface area contributed by atoms with Gasteiger partial charge < -0.3 is 0 Å². The molecule has 10 heavy (non-hydrogen) atoms. The summed E-state index contributed by atoms with van der Waals surface area (Å²) in [7, 11) is 5.66. The largest absolute Gasteiger partial charge is 0.261 e. The van der Waals surface area contributed by atoms with E-state index in [0.717, 1.165) is 23.1 Å².